The topological polar surface area (TPSA) is 93.2 Å². The van der Waals surface area contributed by atoms with Crippen molar-refractivity contribution in [1.82, 2.24) is 15.3 Å². The third-order valence-corrected chi connectivity index (χ3v) is 4.34. The number of rotatable bonds is 5. The number of nitrogens with one attached hydrogen (secondary N) is 2. The Hall–Kier alpha value is -2.69. The van der Waals surface area contributed by atoms with Crippen LogP contribution in [0.3, 0.4) is 0 Å². The van der Waals surface area contributed by atoms with Crippen molar-refractivity contribution in [1.29, 1.82) is 0 Å². The van der Waals surface area contributed by atoms with Crippen molar-refractivity contribution >= 4 is 29.2 Å². The summed E-state index contributed by atoms with van der Waals surface area (Å²) < 4.78 is 44.5. The van der Waals surface area contributed by atoms with E-state index in [1.807, 2.05) is 0 Å². The number of nitrogens with zero attached hydrogens (tertiary/aromatic N) is 2. The maximum Gasteiger partial charge on any atom is 0.435 e. The number of halogens is 3. The van der Waals surface area contributed by atoms with Gasteiger partial charge < -0.3 is 10.1 Å². The highest BCUT2D eigenvalue weighted by Crippen LogP contribution is 2.39. The standard InChI is InChI=1S/C16H17F3N4O3S/c1-4-20-15(25)22-10-6-9(8(3)7-21-10)13-23-12(16(17,18)19)11(27-13)14(24)26-5-2/h6-7H,4-5H2,1-3H3,(H2,20,21,22,25). The van der Waals surface area contributed by atoms with Crippen molar-refractivity contribution in [2.45, 2.75) is 26.9 Å². The number of anilines is 1. The molecule has 2 aromatic rings. The van der Waals surface area contributed by atoms with Crippen LogP contribution in [0.1, 0.15) is 34.8 Å². The lowest BCUT2D eigenvalue weighted by molar-refractivity contribution is -0.141. The normalized spacial score (nSPS) is 11.2. The molecule has 0 aliphatic rings. The number of aromatic nitrogens is 2. The molecular formula is C16H17F3N4O3S. The summed E-state index contributed by atoms with van der Waals surface area (Å²) in [6.45, 7) is 5.21. The molecule has 0 saturated carbocycles. The fraction of sp³-hybridized carbons (Fsp3) is 0.375. The Morgan fingerprint density at radius 2 is 2.00 bits per heavy atom. The number of hydrogen-bond donors (Lipinski definition) is 2. The van der Waals surface area contributed by atoms with Crippen LogP contribution in [0, 0.1) is 6.92 Å². The van der Waals surface area contributed by atoms with Crippen LogP contribution >= 0.6 is 11.3 Å². The van der Waals surface area contributed by atoms with Crippen molar-refractivity contribution < 1.29 is 27.5 Å². The van der Waals surface area contributed by atoms with Gasteiger partial charge in [0.1, 0.15) is 15.7 Å². The average Bonchev–Trinajstić information content (AvgIpc) is 3.02. The van der Waals surface area contributed by atoms with Gasteiger partial charge in [0.2, 0.25) is 0 Å². The fourth-order valence-electron chi connectivity index (χ4n) is 2.11. The lowest BCUT2D eigenvalue weighted by Crippen LogP contribution is -2.28. The van der Waals surface area contributed by atoms with E-state index in [0.29, 0.717) is 29.0 Å². The molecule has 2 N–H and O–H groups in total. The first-order valence-electron chi connectivity index (χ1n) is 7.94. The quantitative estimate of drug-likeness (QED) is 0.741. The molecule has 0 radical (unpaired) electrons. The molecule has 146 valence electrons. The number of pyridine rings is 1. The third kappa shape index (κ3) is 4.94. The summed E-state index contributed by atoms with van der Waals surface area (Å²) in [6.07, 6.45) is -3.41. The van der Waals surface area contributed by atoms with Crippen LogP contribution in [0.5, 0.6) is 0 Å². The molecule has 0 aromatic carbocycles. The largest absolute Gasteiger partial charge is 0.462 e. The van der Waals surface area contributed by atoms with Gasteiger partial charge in [0.25, 0.3) is 0 Å². The first-order chi connectivity index (χ1) is 12.7. The molecule has 2 rings (SSSR count). The summed E-state index contributed by atoms with van der Waals surface area (Å²) in [5.74, 6) is -0.941. The molecular weight excluding hydrogens is 385 g/mol. The number of aryl methyl sites for hydroxylation is 1. The molecule has 0 spiro atoms. The molecule has 2 amide bonds. The molecule has 0 fully saturated rings. The monoisotopic (exact) mass is 402 g/mol. The number of carbonyl (C=O) groups is 2. The highest BCUT2D eigenvalue weighted by Gasteiger charge is 2.40. The fourth-order valence-corrected chi connectivity index (χ4v) is 3.17. The number of urea groups is 1. The van der Waals surface area contributed by atoms with Crippen molar-refractivity contribution in [3.8, 4) is 10.6 Å². The summed E-state index contributed by atoms with van der Waals surface area (Å²) in [5.41, 5.74) is -0.437. The Morgan fingerprint density at radius 1 is 1.30 bits per heavy atom. The van der Waals surface area contributed by atoms with Crippen LogP contribution in [-0.2, 0) is 10.9 Å². The van der Waals surface area contributed by atoms with Gasteiger partial charge in [-0.1, -0.05) is 0 Å². The van der Waals surface area contributed by atoms with Gasteiger partial charge in [0.05, 0.1) is 6.61 Å². The molecule has 0 saturated heterocycles. The minimum absolute atomic E-state index is 0.0239. The van der Waals surface area contributed by atoms with E-state index in [2.05, 4.69) is 20.6 Å². The summed E-state index contributed by atoms with van der Waals surface area (Å²) in [6, 6.07) is 0.903. The number of ether oxygens (including phenoxy) is 1. The number of carbonyl (C=O) groups excluding carboxylic acids is 2. The number of alkyl halides is 3. The van der Waals surface area contributed by atoms with Crippen LogP contribution in [0.25, 0.3) is 10.6 Å². The molecule has 0 atom stereocenters. The van der Waals surface area contributed by atoms with E-state index in [-0.39, 0.29) is 17.4 Å². The van der Waals surface area contributed by atoms with E-state index in [9.17, 15) is 22.8 Å². The van der Waals surface area contributed by atoms with Crippen LogP contribution in [0.15, 0.2) is 12.3 Å². The second-order valence-corrected chi connectivity index (χ2v) is 6.28. The lowest BCUT2D eigenvalue weighted by Gasteiger charge is -2.08. The van der Waals surface area contributed by atoms with Gasteiger partial charge in [0.15, 0.2) is 5.69 Å². The summed E-state index contributed by atoms with van der Waals surface area (Å²) in [7, 11) is 0. The average molecular weight is 402 g/mol. The highest BCUT2D eigenvalue weighted by molar-refractivity contribution is 7.17. The van der Waals surface area contributed by atoms with E-state index >= 15 is 0 Å². The van der Waals surface area contributed by atoms with E-state index in [1.165, 1.54) is 19.2 Å². The molecule has 11 heteroatoms. The number of hydrogen-bond acceptors (Lipinski definition) is 6. The second kappa shape index (κ2) is 8.33. The number of thiazole rings is 1. The van der Waals surface area contributed by atoms with Crippen molar-refractivity contribution in [3.63, 3.8) is 0 Å². The van der Waals surface area contributed by atoms with Crippen molar-refractivity contribution in [2.24, 2.45) is 0 Å². The Morgan fingerprint density at radius 3 is 2.59 bits per heavy atom. The summed E-state index contributed by atoms with van der Waals surface area (Å²) >= 11 is 0.578. The smallest absolute Gasteiger partial charge is 0.435 e. The van der Waals surface area contributed by atoms with Gasteiger partial charge >= 0.3 is 18.2 Å². The minimum atomic E-state index is -4.81. The van der Waals surface area contributed by atoms with E-state index in [0.717, 1.165) is 0 Å². The van der Waals surface area contributed by atoms with Gasteiger partial charge in [0, 0.05) is 18.3 Å². The first-order valence-corrected chi connectivity index (χ1v) is 8.76. The van der Waals surface area contributed by atoms with Crippen molar-refractivity contribution in [2.75, 3.05) is 18.5 Å². The Labute approximate surface area is 157 Å². The van der Waals surface area contributed by atoms with Gasteiger partial charge in [-0.25, -0.2) is 19.6 Å². The Balaban J connectivity index is 2.48. The maximum absolute atomic E-state index is 13.3. The molecule has 0 unspecified atom stereocenters. The predicted octanol–water partition coefficient (Wildman–Crippen LogP) is 3.85. The van der Waals surface area contributed by atoms with Gasteiger partial charge in [-0.2, -0.15) is 13.2 Å². The summed E-state index contributed by atoms with van der Waals surface area (Å²) in [5, 5.41) is 4.97. The van der Waals surface area contributed by atoms with E-state index in [4.69, 9.17) is 4.74 Å². The van der Waals surface area contributed by atoms with Gasteiger partial charge in [-0.3, -0.25) is 5.32 Å². The number of amides is 2. The highest BCUT2D eigenvalue weighted by atomic mass is 32.1. The molecule has 2 heterocycles. The van der Waals surface area contributed by atoms with Gasteiger partial charge in [-0.15, -0.1) is 11.3 Å². The van der Waals surface area contributed by atoms with Gasteiger partial charge in [-0.05, 0) is 32.4 Å². The molecule has 2 aromatic heterocycles. The Bertz CT molecular complexity index is 852. The van der Waals surface area contributed by atoms with Crippen LogP contribution in [-0.4, -0.2) is 35.1 Å². The summed E-state index contributed by atoms with van der Waals surface area (Å²) in [4.78, 5) is 30.5. The molecule has 0 bridgehead atoms. The maximum atomic E-state index is 13.3. The van der Waals surface area contributed by atoms with E-state index < -0.39 is 28.7 Å². The van der Waals surface area contributed by atoms with Crippen molar-refractivity contribution in [3.05, 3.63) is 28.4 Å². The second-order valence-electron chi connectivity index (χ2n) is 5.28. The molecule has 0 aliphatic carbocycles. The molecule has 7 nitrogen and oxygen atoms in total. The zero-order valence-corrected chi connectivity index (χ0v) is 15.5. The van der Waals surface area contributed by atoms with Crippen LogP contribution < -0.4 is 10.6 Å². The first kappa shape index (κ1) is 20.6. The molecule has 27 heavy (non-hydrogen) atoms. The Kier molecular flexibility index (Phi) is 6.37. The molecule has 0 aliphatic heterocycles. The SMILES string of the molecule is CCNC(=O)Nc1cc(-c2nc(C(F)(F)F)c(C(=O)OCC)s2)c(C)cn1. The lowest BCUT2D eigenvalue weighted by atomic mass is 10.1. The zero-order valence-electron chi connectivity index (χ0n) is 14.7. The number of esters is 1. The van der Waals surface area contributed by atoms with Crippen LogP contribution in [0.2, 0.25) is 0 Å². The van der Waals surface area contributed by atoms with Crippen LogP contribution in [0.4, 0.5) is 23.8 Å². The minimum Gasteiger partial charge on any atom is -0.462 e. The predicted molar refractivity (Wildman–Crippen MR) is 93.7 cm³/mol. The zero-order chi connectivity index (χ0) is 20.2. The van der Waals surface area contributed by atoms with E-state index in [1.54, 1.807) is 13.8 Å². The third-order valence-electron chi connectivity index (χ3n) is 3.27.